The van der Waals surface area contributed by atoms with Crippen LogP contribution in [0.3, 0.4) is 0 Å². The van der Waals surface area contributed by atoms with Gasteiger partial charge in [-0.3, -0.25) is 4.79 Å². The van der Waals surface area contributed by atoms with E-state index in [1.807, 2.05) is 13.8 Å². The number of esters is 1. The van der Waals surface area contributed by atoms with Crippen LogP contribution in [0, 0.1) is 0 Å². The number of hydrogen-bond donors (Lipinski definition) is 2. The summed E-state index contributed by atoms with van der Waals surface area (Å²) in [6, 6.07) is 0. The largest absolute Gasteiger partial charge is 0.466 e. The van der Waals surface area contributed by atoms with Gasteiger partial charge in [0.2, 0.25) is 0 Å². The monoisotopic (exact) mass is 204 g/mol. The Hall–Kier alpha value is -0.610. The predicted octanol–water partition coefficient (Wildman–Crippen LogP) is 0.852. The summed E-state index contributed by atoms with van der Waals surface area (Å²) >= 11 is 0. The molecule has 2 atom stereocenters. The maximum atomic E-state index is 11.0. The zero-order valence-corrected chi connectivity index (χ0v) is 8.90. The molecule has 0 aromatic rings. The quantitative estimate of drug-likeness (QED) is 0.603. The predicted molar refractivity (Wildman–Crippen MR) is 52.8 cm³/mol. The fraction of sp³-hybridized carbons (Fsp3) is 0.900. The summed E-state index contributed by atoms with van der Waals surface area (Å²) < 4.78 is 4.80. The minimum Gasteiger partial charge on any atom is -0.466 e. The lowest BCUT2D eigenvalue weighted by Gasteiger charge is -2.13. The van der Waals surface area contributed by atoms with E-state index in [9.17, 15) is 15.0 Å². The molecule has 0 fully saturated rings. The number of carbonyl (C=O) groups is 1. The van der Waals surface area contributed by atoms with E-state index < -0.39 is 18.2 Å². The second-order valence-electron chi connectivity index (χ2n) is 3.38. The maximum Gasteiger partial charge on any atom is 0.308 e. The van der Waals surface area contributed by atoms with Gasteiger partial charge in [0.05, 0.1) is 25.2 Å². The lowest BCUT2D eigenvalue weighted by Crippen LogP contribution is -2.21. The lowest BCUT2D eigenvalue weighted by atomic mass is 10.1. The second kappa shape index (κ2) is 7.76. The van der Waals surface area contributed by atoms with Gasteiger partial charge in [-0.25, -0.2) is 0 Å². The van der Waals surface area contributed by atoms with Crippen molar-refractivity contribution in [3.05, 3.63) is 0 Å². The Morgan fingerprint density at radius 3 is 2.43 bits per heavy atom. The molecule has 4 heteroatoms. The average molecular weight is 204 g/mol. The molecule has 2 N–H and O–H groups in total. The third-order valence-electron chi connectivity index (χ3n) is 1.88. The molecule has 0 radical (unpaired) electrons. The summed E-state index contributed by atoms with van der Waals surface area (Å²) in [4.78, 5) is 11.0. The Balaban J connectivity index is 3.60. The van der Waals surface area contributed by atoms with Gasteiger partial charge in [0.15, 0.2) is 0 Å². The normalized spacial score (nSPS) is 14.9. The highest BCUT2D eigenvalue weighted by atomic mass is 16.5. The third kappa shape index (κ3) is 6.86. The molecule has 0 bridgehead atoms. The number of aliphatic hydroxyl groups excluding tert-OH is 2. The van der Waals surface area contributed by atoms with Crippen LogP contribution in [-0.4, -0.2) is 35.0 Å². The Bertz CT molecular complexity index is 158. The van der Waals surface area contributed by atoms with Gasteiger partial charge in [-0.1, -0.05) is 13.8 Å². The van der Waals surface area contributed by atoms with Crippen molar-refractivity contribution in [1.82, 2.24) is 0 Å². The summed E-state index contributed by atoms with van der Waals surface area (Å²) in [6.45, 7) is 4.12. The molecule has 0 aliphatic carbocycles. The Labute approximate surface area is 84.9 Å². The molecule has 0 unspecified atom stereocenters. The standard InChI is InChI=1S/C10H20O4/c1-3-5-14-10(13)7-9(12)6-8(11)4-2/h8-9,11-12H,3-7H2,1-2H3/t8-,9+/m0/s1. The first-order valence-electron chi connectivity index (χ1n) is 5.11. The van der Waals surface area contributed by atoms with Crippen LogP contribution in [0.5, 0.6) is 0 Å². The SMILES string of the molecule is CCCOC(=O)C[C@H](O)C[C@@H](O)CC. The van der Waals surface area contributed by atoms with Crippen LogP contribution in [0.2, 0.25) is 0 Å². The molecule has 0 aromatic carbocycles. The zero-order valence-electron chi connectivity index (χ0n) is 8.90. The van der Waals surface area contributed by atoms with Crippen molar-refractivity contribution in [1.29, 1.82) is 0 Å². The molecule has 0 amide bonds. The number of rotatable bonds is 7. The summed E-state index contributed by atoms with van der Waals surface area (Å²) in [6.07, 6.45) is 0.230. The van der Waals surface area contributed by atoms with Crippen LogP contribution >= 0.6 is 0 Å². The van der Waals surface area contributed by atoms with Gasteiger partial charge in [0, 0.05) is 0 Å². The Morgan fingerprint density at radius 1 is 1.29 bits per heavy atom. The first kappa shape index (κ1) is 13.4. The van der Waals surface area contributed by atoms with Crippen LogP contribution in [0.15, 0.2) is 0 Å². The van der Waals surface area contributed by atoms with Crippen LogP contribution in [0.25, 0.3) is 0 Å². The molecule has 14 heavy (non-hydrogen) atoms. The summed E-state index contributed by atoms with van der Waals surface area (Å²) in [5, 5.41) is 18.6. The molecule has 84 valence electrons. The Kier molecular flexibility index (Phi) is 7.42. The van der Waals surface area contributed by atoms with Crippen molar-refractivity contribution in [2.24, 2.45) is 0 Å². The number of hydrogen-bond acceptors (Lipinski definition) is 4. The van der Waals surface area contributed by atoms with Gasteiger partial charge in [-0.15, -0.1) is 0 Å². The van der Waals surface area contributed by atoms with Gasteiger partial charge in [-0.2, -0.15) is 0 Å². The van der Waals surface area contributed by atoms with E-state index >= 15 is 0 Å². The first-order valence-corrected chi connectivity index (χ1v) is 5.11. The Morgan fingerprint density at radius 2 is 1.93 bits per heavy atom. The zero-order chi connectivity index (χ0) is 11.0. The molecule has 0 saturated carbocycles. The summed E-state index contributed by atoms with van der Waals surface area (Å²) in [7, 11) is 0. The molecule has 0 aliphatic rings. The fourth-order valence-corrected chi connectivity index (χ4v) is 1.03. The lowest BCUT2D eigenvalue weighted by molar-refractivity contribution is -0.146. The minimum atomic E-state index is -0.797. The summed E-state index contributed by atoms with van der Waals surface area (Å²) in [5.74, 6) is -0.400. The first-order chi connectivity index (χ1) is 6.60. The molecule has 0 rings (SSSR count). The van der Waals surface area contributed by atoms with Crippen LogP contribution in [-0.2, 0) is 9.53 Å². The van der Waals surface area contributed by atoms with Crippen LogP contribution < -0.4 is 0 Å². The average Bonchev–Trinajstić information content (AvgIpc) is 2.14. The van der Waals surface area contributed by atoms with Gasteiger partial charge in [-0.05, 0) is 19.3 Å². The highest BCUT2D eigenvalue weighted by Crippen LogP contribution is 2.06. The number of ether oxygens (including phenoxy) is 1. The molecule has 0 heterocycles. The second-order valence-corrected chi connectivity index (χ2v) is 3.38. The molecule has 4 nitrogen and oxygen atoms in total. The van der Waals surface area contributed by atoms with E-state index in [4.69, 9.17) is 4.74 Å². The van der Waals surface area contributed by atoms with Crippen molar-refractivity contribution in [3.63, 3.8) is 0 Å². The van der Waals surface area contributed by atoms with E-state index in [0.29, 0.717) is 13.0 Å². The number of carbonyl (C=O) groups excluding carboxylic acids is 1. The van der Waals surface area contributed by atoms with Crippen LogP contribution in [0.1, 0.15) is 39.5 Å². The maximum absolute atomic E-state index is 11.0. The molecular formula is C10H20O4. The van der Waals surface area contributed by atoms with E-state index in [-0.39, 0.29) is 12.8 Å². The topological polar surface area (TPSA) is 66.8 Å². The number of aliphatic hydroxyl groups is 2. The van der Waals surface area contributed by atoms with E-state index in [0.717, 1.165) is 6.42 Å². The van der Waals surface area contributed by atoms with E-state index in [1.54, 1.807) is 0 Å². The molecule has 0 saturated heterocycles. The summed E-state index contributed by atoms with van der Waals surface area (Å²) in [5.41, 5.74) is 0. The van der Waals surface area contributed by atoms with Gasteiger partial charge in [0.1, 0.15) is 0 Å². The smallest absolute Gasteiger partial charge is 0.308 e. The van der Waals surface area contributed by atoms with Crippen molar-refractivity contribution < 1.29 is 19.7 Å². The van der Waals surface area contributed by atoms with Crippen LogP contribution in [0.4, 0.5) is 0 Å². The van der Waals surface area contributed by atoms with E-state index in [2.05, 4.69) is 0 Å². The highest BCUT2D eigenvalue weighted by Gasteiger charge is 2.15. The molecule has 0 aromatic heterocycles. The third-order valence-corrected chi connectivity index (χ3v) is 1.88. The minimum absolute atomic E-state index is 0.0307. The molecular weight excluding hydrogens is 184 g/mol. The molecule has 0 spiro atoms. The van der Waals surface area contributed by atoms with Crippen molar-refractivity contribution in [2.45, 2.75) is 51.7 Å². The van der Waals surface area contributed by atoms with Crippen molar-refractivity contribution in [3.8, 4) is 0 Å². The van der Waals surface area contributed by atoms with E-state index in [1.165, 1.54) is 0 Å². The van der Waals surface area contributed by atoms with Gasteiger partial charge >= 0.3 is 5.97 Å². The molecule has 0 aliphatic heterocycles. The van der Waals surface area contributed by atoms with Gasteiger partial charge < -0.3 is 14.9 Å². The fourth-order valence-electron chi connectivity index (χ4n) is 1.03. The van der Waals surface area contributed by atoms with Crippen molar-refractivity contribution in [2.75, 3.05) is 6.61 Å². The van der Waals surface area contributed by atoms with Crippen molar-refractivity contribution >= 4 is 5.97 Å². The highest BCUT2D eigenvalue weighted by molar-refractivity contribution is 5.69. The van der Waals surface area contributed by atoms with Gasteiger partial charge in [0.25, 0.3) is 0 Å².